The van der Waals surface area contributed by atoms with E-state index in [0.717, 1.165) is 0 Å². The van der Waals surface area contributed by atoms with Crippen molar-refractivity contribution < 1.29 is 19.4 Å². The summed E-state index contributed by atoms with van der Waals surface area (Å²) in [6.07, 6.45) is -0.550. The lowest BCUT2D eigenvalue weighted by Gasteiger charge is -2.18. The minimum Gasteiger partial charge on any atom is -0.478 e. The lowest BCUT2D eigenvalue weighted by molar-refractivity contribution is 0.0534. The van der Waals surface area contributed by atoms with Gasteiger partial charge in [0.15, 0.2) is 0 Å². The molecule has 0 radical (unpaired) electrons. The van der Waals surface area contributed by atoms with Crippen LogP contribution in [0, 0.1) is 11.8 Å². The largest absolute Gasteiger partial charge is 0.478 e. The van der Waals surface area contributed by atoms with Gasteiger partial charge in [0.1, 0.15) is 5.60 Å². The van der Waals surface area contributed by atoms with Crippen LogP contribution < -0.4 is 5.32 Å². The molecule has 1 amide bonds. The van der Waals surface area contributed by atoms with Crippen molar-refractivity contribution in [3.05, 3.63) is 21.9 Å². The molecule has 2 N–H and O–H groups in total. The van der Waals surface area contributed by atoms with Gasteiger partial charge in [-0.2, -0.15) is 0 Å². The Morgan fingerprint density at radius 2 is 2.16 bits per heavy atom. The maximum Gasteiger partial charge on any atom is 0.408 e. The van der Waals surface area contributed by atoms with E-state index in [-0.39, 0.29) is 12.1 Å². The Morgan fingerprint density at radius 1 is 1.47 bits per heavy atom. The smallest absolute Gasteiger partial charge is 0.408 e. The molecule has 0 saturated heterocycles. The van der Waals surface area contributed by atoms with Crippen molar-refractivity contribution in [3.8, 4) is 11.8 Å². The molecule has 0 aliphatic heterocycles. The quantitative estimate of drug-likeness (QED) is 0.816. The van der Waals surface area contributed by atoms with E-state index in [4.69, 9.17) is 9.84 Å². The predicted molar refractivity (Wildman–Crippen MR) is 72.4 cm³/mol. The standard InChI is InChI=1S/C13H15NO4S/c1-13(2,3)18-12(17)14-7-4-5-10-9(11(15)16)6-8-19-10/h6,8H,7H2,1-3H3,(H,14,17)(H,15,16). The molecule has 0 bridgehead atoms. The maximum atomic E-state index is 11.3. The molecule has 0 aromatic carbocycles. The highest BCUT2D eigenvalue weighted by Gasteiger charge is 2.15. The Labute approximate surface area is 115 Å². The number of hydrogen-bond donors (Lipinski definition) is 2. The second kappa shape index (κ2) is 6.25. The summed E-state index contributed by atoms with van der Waals surface area (Å²) in [5.41, 5.74) is -0.378. The third kappa shape index (κ3) is 5.44. The number of alkyl carbamates (subject to hydrolysis) is 1. The average molecular weight is 281 g/mol. The topological polar surface area (TPSA) is 75.6 Å². The van der Waals surface area contributed by atoms with E-state index in [9.17, 15) is 9.59 Å². The van der Waals surface area contributed by atoms with Gasteiger partial charge in [-0.05, 0) is 32.2 Å². The summed E-state index contributed by atoms with van der Waals surface area (Å²) in [5.74, 6) is 4.39. The van der Waals surface area contributed by atoms with Gasteiger partial charge in [-0.25, -0.2) is 9.59 Å². The first-order chi connectivity index (χ1) is 8.79. The van der Waals surface area contributed by atoms with E-state index in [0.29, 0.717) is 4.88 Å². The van der Waals surface area contributed by atoms with E-state index < -0.39 is 17.7 Å². The van der Waals surface area contributed by atoms with Gasteiger partial charge in [-0.3, -0.25) is 0 Å². The van der Waals surface area contributed by atoms with Gasteiger partial charge in [0.05, 0.1) is 17.0 Å². The SMILES string of the molecule is CC(C)(C)OC(=O)NCC#Cc1sccc1C(=O)O. The number of carbonyl (C=O) groups excluding carboxylic acids is 1. The van der Waals surface area contributed by atoms with Crippen molar-refractivity contribution in [3.63, 3.8) is 0 Å². The summed E-state index contributed by atoms with van der Waals surface area (Å²) in [4.78, 5) is 22.6. The highest BCUT2D eigenvalue weighted by atomic mass is 32.1. The number of aromatic carboxylic acids is 1. The van der Waals surface area contributed by atoms with E-state index in [1.54, 1.807) is 26.2 Å². The van der Waals surface area contributed by atoms with Crippen molar-refractivity contribution in [2.45, 2.75) is 26.4 Å². The van der Waals surface area contributed by atoms with E-state index in [1.165, 1.54) is 17.4 Å². The van der Waals surface area contributed by atoms with Crippen molar-refractivity contribution in [1.29, 1.82) is 0 Å². The van der Waals surface area contributed by atoms with E-state index in [2.05, 4.69) is 17.2 Å². The highest BCUT2D eigenvalue weighted by molar-refractivity contribution is 7.10. The number of thiophene rings is 1. The molecular weight excluding hydrogens is 266 g/mol. The molecule has 6 heteroatoms. The molecule has 0 saturated carbocycles. The van der Waals surface area contributed by atoms with Gasteiger partial charge in [-0.15, -0.1) is 11.3 Å². The minimum absolute atomic E-state index is 0.103. The molecule has 0 unspecified atom stereocenters. The second-order valence-corrected chi connectivity index (χ2v) is 5.54. The summed E-state index contributed by atoms with van der Waals surface area (Å²) in [6.45, 7) is 5.40. The van der Waals surface area contributed by atoms with Crippen LogP contribution in [0.5, 0.6) is 0 Å². The Morgan fingerprint density at radius 3 is 2.74 bits per heavy atom. The number of amides is 1. The number of carboxylic acids is 1. The van der Waals surface area contributed by atoms with Crippen LogP contribution in [0.15, 0.2) is 11.4 Å². The molecule has 0 aliphatic carbocycles. The number of rotatable bonds is 2. The number of hydrogen-bond acceptors (Lipinski definition) is 4. The lowest BCUT2D eigenvalue weighted by atomic mass is 10.2. The fourth-order valence-corrected chi connectivity index (χ4v) is 1.88. The lowest BCUT2D eigenvalue weighted by Crippen LogP contribution is -2.32. The molecule has 1 rings (SSSR count). The summed E-state index contributed by atoms with van der Waals surface area (Å²) >= 11 is 1.25. The van der Waals surface area contributed by atoms with Crippen molar-refractivity contribution in [1.82, 2.24) is 5.32 Å². The third-order valence-corrected chi connectivity index (χ3v) is 2.65. The molecule has 19 heavy (non-hydrogen) atoms. The predicted octanol–water partition coefficient (Wildman–Crippen LogP) is 2.32. The molecule has 1 aromatic heterocycles. The minimum atomic E-state index is -1.01. The summed E-state index contributed by atoms with van der Waals surface area (Å²) in [7, 11) is 0. The summed E-state index contributed by atoms with van der Waals surface area (Å²) in [6, 6.07) is 1.50. The van der Waals surface area contributed by atoms with Gasteiger partial charge in [0.2, 0.25) is 0 Å². The van der Waals surface area contributed by atoms with Crippen LogP contribution in [0.25, 0.3) is 0 Å². The van der Waals surface area contributed by atoms with Crippen molar-refractivity contribution in [2.75, 3.05) is 6.54 Å². The van der Waals surface area contributed by atoms with Gasteiger partial charge in [0, 0.05) is 0 Å². The first kappa shape index (κ1) is 15.1. The van der Waals surface area contributed by atoms with E-state index in [1.807, 2.05) is 0 Å². The molecule has 0 fully saturated rings. The Balaban J connectivity index is 2.50. The number of ether oxygens (including phenoxy) is 1. The first-order valence-corrected chi connectivity index (χ1v) is 6.44. The van der Waals surface area contributed by atoms with Crippen LogP contribution in [0.2, 0.25) is 0 Å². The fourth-order valence-electron chi connectivity index (χ4n) is 1.13. The van der Waals surface area contributed by atoms with Crippen LogP contribution in [0.1, 0.15) is 36.0 Å². The molecule has 0 atom stereocenters. The monoisotopic (exact) mass is 281 g/mol. The third-order valence-electron chi connectivity index (χ3n) is 1.82. The zero-order chi connectivity index (χ0) is 14.5. The normalized spacial score (nSPS) is 10.3. The van der Waals surface area contributed by atoms with Crippen LogP contribution in [0.3, 0.4) is 0 Å². The summed E-state index contributed by atoms with van der Waals surface area (Å²) in [5, 5.41) is 13.0. The average Bonchev–Trinajstić information content (AvgIpc) is 2.70. The molecular formula is C13H15NO4S. The number of nitrogens with one attached hydrogen (secondary N) is 1. The molecule has 1 aromatic rings. The molecule has 0 spiro atoms. The first-order valence-electron chi connectivity index (χ1n) is 5.56. The van der Waals surface area contributed by atoms with Crippen LogP contribution in [-0.2, 0) is 4.74 Å². The zero-order valence-electron chi connectivity index (χ0n) is 10.9. The summed E-state index contributed by atoms with van der Waals surface area (Å²) < 4.78 is 5.03. The Bertz CT molecular complexity index is 531. The van der Waals surface area contributed by atoms with Crippen LogP contribution in [-0.4, -0.2) is 29.3 Å². The second-order valence-electron chi connectivity index (χ2n) is 4.63. The van der Waals surface area contributed by atoms with Gasteiger partial charge >= 0.3 is 12.1 Å². The fraction of sp³-hybridized carbons (Fsp3) is 0.385. The molecule has 5 nitrogen and oxygen atoms in total. The van der Waals surface area contributed by atoms with Gasteiger partial charge in [0.25, 0.3) is 0 Å². The number of carboxylic acid groups (broad SMARTS) is 1. The molecule has 1 heterocycles. The Kier molecular flexibility index (Phi) is 4.95. The van der Waals surface area contributed by atoms with Crippen molar-refractivity contribution >= 4 is 23.4 Å². The van der Waals surface area contributed by atoms with Crippen LogP contribution >= 0.6 is 11.3 Å². The van der Waals surface area contributed by atoms with Gasteiger partial charge < -0.3 is 15.2 Å². The number of carbonyl (C=O) groups is 2. The zero-order valence-corrected chi connectivity index (χ0v) is 11.8. The van der Waals surface area contributed by atoms with E-state index >= 15 is 0 Å². The highest BCUT2D eigenvalue weighted by Crippen LogP contribution is 2.14. The van der Waals surface area contributed by atoms with Crippen molar-refractivity contribution in [2.24, 2.45) is 0 Å². The molecule has 102 valence electrons. The molecule has 0 aliphatic rings. The van der Waals surface area contributed by atoms with Crippen LogP contribution in [0.4, 0.5) is 4.79 Å². The van der Waals surface area contributed by atoms with Gasteiger partial charge in [-0.1, -0.05) is 11.8 Å². The Hall–Kier alpha value is -2.00. The maximum absolute atomic E-state index is 11.3.